The van der Waals surface area contributed by atoms with Gasteiger partial charge in [-0.05, 0) is 18.6 Å². The van der Waals surface area contributed by atoms with Gasteiger partial charge >= 0.3 is 0 Å². The molecule has 0 spiro atoms. The third-order valence-corrected chi connectivity index (χ3v) is 4.04. The molecule has 1 aromatic carbocycles. The molecule has 110 valence electrons. The maximum Gasteiger partial charge on any atom is 0.237 e. The molecule has 5 nitrogen and oxygen atoms in total. The van der Waals surface area contributed by atoms with Gasteiger partial charge in [-0.1, -0.05) is 25.1 Å². The summed E-state index contributed by atoms with van der Waals surface area (Å²) in [5.74, 6) is 0.658. The number of pyridine rings is 1. The highest BCUT2D eigenvalue weighted by Crippen LogP contribution is 2.21. The lowest BCUT2D eigenvalue weighted by molar-refractivity contribution is -0.129. The Bertz CT molecular complexity index is 670. The van der Waals surface area contributed by atoms with Gasteiger partial charge < -0.3 is 11.1 Å². The Labute approximate surface area is 124 Å². The molecule has 1 unspecified atom stereocenters. The van der Waals surface area contributed by atoms with Crippen LogP contribution in [0, 0.1) is 0 Å². The Morgan fingerprint density at radius 1 is 1.43 bits per heavy atom. The van der Waals surface area contributed by atoms with Gasteiger partial charge in [-0.3, -0.25) is 9.69 Å². The number of nitrogens with two attached hydrogens (primary N) is 1. The van der Waals surface area contributed by atoms with Crippen molar-refractivity contribution >= 4 is 22.6 Å². The first-order chi connectivity index (χ1) is 10.2. The number of carbonyl (C=O) groups is 1. The van der Waals surface area contributed by atoms with Gasteiger partial charge in [0.05, 0.1) is 11.6 Å². The summed E-state index contributed by atoms with van der Waals surface area (Å²) in [6, 6.07) is 9.94. The van der Waals surface area contributed by atoms with Crippen molar-refractivity contribution in [1.82, 2.24) is 15.2 Å². The number of para-hydroxylation sites is 1. The minimum absolute atomic E-state index is 0.0791. The normalized spacial score (nSPS) is 19.7. The molecular weight excluding hydrogens is 264 g/mol. The predicted octanol–water partition coefficient (Wildman–Crippen LogP) is 1.53. The van der Waals surface area contributed by atoms with Gasteiger partial charge in [0.15, 0.2) is 0 Å². The first-order valence-electron chi connectivity index (χ1n) is 7.35. The van der Waals surface area contributed by atoms with Gasteiger partial charge in [0, 0.05) is 30.6 Å². The number of carbonyl (C=O) groups excluding carboxylic acids is 1. The lowest BCUT2D eigenvalue weighted by atomic mass is 10.1. The maximum atomic E-state index is 11.9. The molecule has 1 fully saturated rings. The second-order valence-electron chi connectivity index (χ2n) is 5.41. The van der Waals surface area contributed by atoms with Gasteiger partial charge in [0.1, 0.15) is 5.82 Å². The van der Waals surface area contributed by atoms with E-state index < -0.39 is 0 Å². The highest BCUT2D eigenvalue weighted by molar-refractivity contribution is 5.83. The summed E-state index contributed by atoms with van der Waals surface area (Å²) in [5.41, 5.74) is 7.98. The molecule has 3 rings (SSSR count). The molecule has 1 aromatic heterocycles. The summed E-state index contributed by atoms with van der Waals surface area (Å²) in [6.07, 6.45) is 0.798. The van der Waals surface area contributed by atoms with E-state index in [-0.39, 0.29) is 11.9 Å². The van der Waals surface area contributed by atoms with Crippen LogP contribution in [0.3, 0.4) is 0 Å². The van der Waals surface area contributed by atoms with E-state index in [1.165, 1.54) is 0 Å². The molecule has 1 saturated heterocycles. The molecule has 1 atom stereocenters. The number of nitrogens with one attached hydrogen (secondary N) is 1. The SMILES string of the molecule is CCC1C(=O)NCCN1Cc1cc2ccccc2nc1N. The summed E-state index contributed by atoms with van der Waals surface area (Å²) in [4.78, 5) is 18.6. The Morgan fingerprint density at radius 2 is 2.24 bits per heavy atom. The van der Waals surface area contributed by atoms with Gasteiger partial charge in [0.2, 0.25) is 5.91 Å². The number of amides is 1. The Kier molecular flexibility index (Phi) is 3.75. The monoisotopic (exact) mass is 284 g/mol. The van der Waals surface area contributed by atoms with E-state index >= 15 is 0 Å². The Morgan fingerprint density at radius 3 is 3.05 bits per heavy atom. The van der Waals surface area contributed by atoms with Gasteiger partial charge in [-0.25, -0.2) is 4.98 Å². The first kappa shape index (κ1) is 13.8. The highest BCUT2D eigenvalue weighted by atomic mass is 16.2. The topological polar surface area (TPSA) is 71.2 Å². The summed E-state index contributed by atoms with van der Waals surface area (Å²) >= 11 is 0. The molecular formula is C16H20N4O. The van der Waals surface area contributed by atoms with Gasteiger partial charge in [0.25, 0.3) is 0 Å². The number of benzene rings is 1. The van der Waals surface area contributed by atoms with E-state index in [1.807, 2.05) is 31.2 Å². The van der Waals surface area contributed by atoms with Crippen molar-refractivity contribution < 1.29 is 4.79 Å². The van der Waals surface area contributed by atoms with Crippen molar-refractivity contribution in [2.75, 3.05) is 18.8 Å². The quantitative estimate of drug-likeness (QED) is 0.896. The van der Waals surface area contributed by atoms with E-state index in [4.69, 9.17) is 5.73 Å². The minimum Gasteiger partial charge on any atom is -0.383 e. The molecule has 0 saturated carbocycles. The van der Waals surface area contributed by atoms with Crippen LogP contribution >= 0.6 is 0 Å². The number of piperazine rings is 1. The number of aromatic nitrogens is 1. The van der Waals surface area contributed by atoms with E-state index in [1.54, 1.807) is 0 Å². The zero-order valence-electron chi connectivity index (χ0n) is 12.2. The van der Waals surface area contributed by atoms with E-state index in [0.29, 0.717) is 18.9 Å². The van der Waals surface area contributed by atoms with Crippen molar-refractivity contribution in [1.29, 1.82) is 0 Å². The summed E-state index contributed by atoms with van der Waals surface area (Å²) in [7, 11) is 0. The number of nitrogen functional groups attached to an aromatic ring is 1. The van der Waals surface area contributed by atoms with Crippen LogP contribution in [0.4, 0.5) is 5.82 Å². The molecule has 2 aromatic rings. The number of fused-ring (bicyclic) bond motifs is 1. The molecule has 3 N–H and O–H groups in total. The fourth-order valence-corrected chi connectivity index (χ4v) is 2.92. The molecule has 0 bridgehead atoms. The van der Waals surface area contributed by atoms with Crippen molar-refractivity contribution in [2.24, 2.45) is 0 Å². The van der Waals surface area contributed by atoms with Gasteiger partial charge in [-0.2, -0.15) is 0 Å². The fraction of sp³-hybridized carbons (Fsp3) is 0.375. The number of rotatable bonds is 3. The first-order valence-corrected chi connectivity index (χ1v) is 7.35. The molecule has 21 heavy (non-hydrogen) atoms. The van der Waals surface area contributed by atoms with Crippen LogP contribution in [0.25, 0.3) is 10.9 Å². The largest absolute Gasteiger partial charge is 0.383 e. The summed E-state index contributed by atoms with van der Waals surface area (Å²) in [6.45, 7) is 4.23. The minimum atomic E-state index is -0.0791. The molecule has 1 aliphatic rings. The van der Waals surface area contributed by atoms with Crippen molar-refractivity contribution in [3.8, 4) is 0 Å². The molecule has 1 amide bonds. The van der Waals surface area contributed by atoms with E-state index in [9.17, 15) is 4.79 Å². The predicted molar refractivity (Wildman–Crippen MR) is 83.7 cm³/mol. The average molecular weight is 284 g/mol. The number of nitrogens with zero attached hydrogens (tertiary/aromatic N) is 2. The van der Waals surface area contributed by atoms with E-state index in [0.717, 1.165) is 29.4 Å². The Hall–Kier alpha value is -2.14. The van der Waals surface area contributed by atoms with Crippen LogP contribution < -0.4 is 11.1 Å². The summed E-state index contributed by atoms with van der Waals surface area (Å²) in [5, 5.41) is 4.00. The average Bonchev–Trinajstić information content (AvgIpc) is 2.48. The maximum absolute atomic E-state index is 11.9. The van der Waals surface area contributed by atoms with Crippen LogP contribution in [0.2, 0.25) is 0 Å². The van der Waals surface area contributed by atoms with Gasteiger partial charge in [-0.15, -0.1) is 0 Å². The Balaban J connectivity index is 1.90. The molecule has 2 heterocycles. The third kappa shape index (κ3) is 2.69. The van der Waals surface area contributed by atoms with Crippen LogP contribution in [0.15, 0.2) is 30.3 Å². The second kappa shape index (κ2) is 5.69. The lowest BCUT2D eigenvalue weighted by Gasteiger charge is -2.34. The number of hydrogen-bond donors (Lipinski definition) is 2. The van der Waals surface area contributed by atoms with Crippen LogP contribution in [0.1, 0.15) is 18.9 Å². The fourth-order valence-electron chi connectivity index (χ4n) is 2.92. The van der Waals surface area contributed by atoms with Crippen molar-refractivity contribution in [3.05, 3.63) is 35.9 Å². The standard InChI is InChI=1S/C16H20N4O/c1-2-14-16(21)18-7-8-20(14)10-12-9-11-5-3-4-6-13(11)19-15(12)17/h3-6,9,14H,2,7-8,10H2,1H3,(H2,17,19)(H,18,21). The van der Waals surface area contributed by atoms with Crippen molar-refractivity contribution in [2.45, 2.75) is 25.9 Å². The molecule has 1 aliphatic heterocycles. The van der Waals surface area contributed by atoms with Crippen molar-refractivity contribution in [3.63, 3.8) is 0 Å². The molecule has 0 aliphatic carbocycles. The smallest absolute Gasteiger partial charge is 0.237 e. The van der Waals surface area contributed by atoms with Crippen LogP contribution in [0.5, 0.6) is 0 Å². The second-order valence-corrected chi connectivity index (χ2v) is 5.41. The van der Waals surface area contributed by atoms with E-state index in [2.05, 4.69) is 21.3 Å². The third-order valence-electron chi connectivity index (χ3n) is 4.04. The number of hydrogen-bond acceptors (Lipinski definition) is 4. The lowest BCUT2D eigenvalue weighted by Crippen LogP contribution is -2.54. The zero-order valence-corrected chi connectivity index (χ0v) is 12.2. The number of anilines is 1. The zero-order chi connectivity index (χ0) is 14.8. The molecule has 5 heteroatoms. The highest BCUT2D eigenvalue weighted by Gasteiger charge is 2.28. The van der Waals surface area contributed by atoms with Crippen LogP contribution in [-0.4, -0.2) is 34.9 Å². The van der Waals surface area contributed by atoms with Crippen LogP contribution in [-0.2, 0) is 11.3 Å². The molecule has 0 radical (unpaired) electrons. The summed E-state index contributed by atoms with van der Waals surface area (Å²) < 4.78 is 0.